The lowest BCUT2D eigenvalue weighted by Gasteiger charge is -2.36. The summed E-state index contributed by atoms with van der Waals surface area (Å²) in [5.74, 6) is -3.44. The molecule has 1 aromatic carbocycles. The molecule has 148 valence electrons. The second kappa shape index (κ2) is 9.52. The van der Waals surface area contributed by atoms with Crippen LogP contribution in [0.5, 0.6) is 0 Å². The molecule has 7 heteroatoms. The first-order chi connectivity index (χ1) is 13.0. The highest BCUT2D eigenvalue weighted by Crippen LogP contribution is 2.58. The van der Waals surface area contributed by atoms with E-state index in [1.165, 1.54) is 7.11 Å². The lowest BCUT2D eigenvalue weighted by molar-refractivity contribution is -0.176. The van der Waals surface area contributed by atoms with Crippen molar-refractivity contribution < 1.29 is 28.6 Å². The molecule has 1 aliphatic rings. The van der Waals surface area contributed by atoms with Gasteiger partial charge in [-0.1, -0.05) is 52.9 Å². The van der Waals surface area contributed by atoms with E-state index < -0.39 is 41.1 Å². The normalized spacial score (nSPS) is 23.5. The first kappa shape index (κ1) is 21.7. The average molecular weight is 488 g/mol. The minimum absolute atomic E-state index is 0.137. The number of alkyl halides is 1. The molecule has 0 heterocycles. The minimum Gasteiger partial charge on any atom is -0.469 e. The van der Waals surface area contributed by atoms with Gasteiger partial charge >= 0.3 is 17.9 Å². The fourth-order valence-electron chi connectivity index (χ4n) is 4.10. The topological polar surface area (TPSA) is 78.9 Å². The van der Waals surface area contributed by atoms with Gasteiger partial charge in [-0.2, -0.15) is 0 Å². The molecular weight excluding hydrogens is 463 g/mol. The Balaban J connectivity index is 2.73. The average Bonchev–Trinajstić information content (AvgIpc) is 3.04. The second-order valence-electron chi connectivity index (χ2n) is 6.41. The Kier molecular flexibility index (Phi) is 7.64. The molecule has 0 N–H and O–H groups in total. The van der Waals surface area contributed by atoms with E-state index in [1.807, 2.05) is 30.3 Å². The lowest BCUT2D eigenvalue weighted by Crippen LogP contribution is -2.50. The van der Waals surface area contributed by atoms with Crippen LogP contribution in [0.2, 0.25) is 0 Å². The molecule has 0 amide bonds. The van der Waals surface area contributed by atoms with Gasteiger partial charge in [-0.15, -0.1) is 0 Å². The van der Waals surface area contributed by atoms with Gasteiger partial charge in [-0.25, -0.2) is 0 Å². The number of carbonyl (C=O) groups excluding carboxylic acids is 3. The molecule has 1 aromatic rings. The standard InChI is InChI=1S/C20H25IO6/c1-4-26-18(23)20(19(24)27-5-2)14(12-21)11-15(17(22)25-3)16(20)13-9-7-6-8-10-13/h6-10,14-16H,4-5,11-12H2,1-3H3/t14-,15-,16+/m0/s1. The largest absolute Gasteiger partial charge is 0.469 e. The van der Waals surface area contributed by atoms with Crippen molar-refractivity contribution in [3.05, 3.63) is 35.9 Å². The lowest BCUT2D eigenvalue weighted by atomic mass is 9.68. The summed E-state index contributed by atoms with van der Waals surface area (Å²) < 4.78 is 16.2. The van der Waals surface area contributed by atoms with Crippen molar-refractivity contribution in [1.29, 1.82) is 0 Å². The van der Waals surface area contributed by atoms with Crippen molar-refractivity contribution in [2.75, 3.05) is 24.8 Å². The van der Waals surface area contributed by atoms with Crippen LogP contribution in [0.3, 0.4) is 0 Å². The van der Waals surface area contributed by atoms with Crippen molar-refractivity contribution in [2.24, 2.45) is 17.3 Å². The fourth-order valence-corrected chi connectivity index (χ4v) is 5.15. The predicted molar refractivity (Wildman–Crippen MR) is 107 cm³/mol. The highest BCUT2D eigenvalue weighted by Gasteiger charge is 2.67. The van der Waals surface area contributed by atoms with Crippen molar-refractivity contribution in [3.8, 4) is 0 Å². The monoisotopic (exact) mass is 488 g/mol. The zero-order chi connectivity index (χ0) is 20.0. The van der Waals surface area contributed by atoms with Crippen LogP contribution in [-0.2, 0) is 28.6 Å². The van der Waals surface area contributed by atoms with Crippen molar-refractivity contribution in [1.82, 2.24) is 0 Å². The van der Waals surface area contributed by atoms with E-state index in [0.29, 0.717) is 10.8 Å². The maximum Gasteiger partial charge on any atom is 0.324 e. The zero-order valence-electron chi connectivity index (χ0n) is 15.8. The van der Waals surface area contributed by atoms with Gasteiger partial charge < -0.3 is 14.2 Å². The molecule has 1 fully saturated rings. The Morgan fingerprint density at radius 2 is 1.63 bits per heavy atom. The number of ether oxygens (including phenoxy) is 3. The first-order valence-electron chi connectivity index (χ1n) is 9.02. The van der Waals surface area contributed by atoms with Crippen LogP contribution in [-0.4, -0.2) is 42.7 Å². The van der Waals surface area contributed by atoms with E-state index in [0.717, 1.165) is 5.56 Å². The number of hydrogen-bond donors (Lipinski definition) is 0. The van der Waals surface area contributed by atoms with E-state index in [-0.39, 0.29) is 13.2 Å². The van der Waals surface area contributed by atoms with Crippen LogP contribution in [0.1, 0.15) is 31.7 Å². The molecule has 0 saturated heterocycles. The van der Waals surface area contributed by atoms with Crippen molar-refractivity contribution in [3.63, 3.8) is 0 Å². The van der Waals surface area contributed by atoms with Gasteiger partial charge in [0.25, 0.3) is 0 Å². The third-order valence-corrected chi connectivity index (χ3v) is 6.21. The molecule has 0 spiro atoms. The van der Waals surface area contributed by atoms with Gasteiger partial charge in [0.05, 0.1) is 26.2 Å². The number of rotatable bonds is 7. The Bertz CT molecular complexity index is 656. The highest BCUT2D eigenvalue weighted by molar-refractivity contribution is 14.1. The third-order valence-electron chi connectivity index (χ3n) is 5.15. The SMILES string of the molecule is CCOC(=O)C1(C(=O)OCC)[C@H](CI)C[C@H](C(=O)OC)[C@H]1c1ccccc1. The molecule has 0 aromatic heterocycles. The summed E-state index contributed by atoms with van der Waals surface area (Å²) in [6.45, 7) is 3.66. The van der Waals surface area contributed by atoms with E-state index >= 15 is 0 Å². The maximum absolute atomic E-state index is 13.2. The smallest absolute Gasteiger partial charge is 0.324 e. The summed E-state index contributed by atoms with van der Waals surface area (Å²) in [5.41, 5.74) is -0.852. The van der Waals surface area contributed by atoms with E-state index in [4.69, 9.17) is 14.2 Å². The van der Waals surface area contributed by atoms with Gasteiger partial charge in [0, 0.05) is 10.3 Å². The van der Waals surface area contributed by atoms with Gasteiger partial charge in [0.2, 0.25) is 0 Å². The molecule has 0 bridgehead atoms. The Labute approximate surface area is 173 Å². The molecular formula is C20H25IO6. The number of hydrogen-bond acceptors (Lipinski definition) is 6. The molecule has 3 atom stereocenters. The quantitative estimate of drug-likeness (QED) is 0.193. The van der Waals surface area contributed by atoms with E-state index in [2.05, 4.69) is 22.6 Å². The van der Waals surface area contributed by atoms with Gasteiger partial charge in [0.15, 0.2) is 5.41 Å². The Hall–Kier alpha value is -1.64. The molecule has 2 rings (SSSR count). The maximum atomic E-state index is 13.2. The van der Waals surface area contributed by atoms with Crippen LogP contribution in [0.25, 0.3) is 0 Å². The molecule has 1 aliphatic carbocycles. The fraction of sp³-hybridized carbons (Fsp3) is 0.550. The summed E-state index contributed by atoms with van der Waals surface area (Å²) >= 11 is 2.15. The van der Waals surface area contributed by atoms with Crippen LogP contribution in [0.15, 0.2) is 30.3 Å². The molecule has 0 aliphatic heterocycles. The van der Waals surface area contributed by atoms with Crippen LogP contribution >= 0.6 is 22.6 Å². The summed E-state index contributed by atoms with van der Waals surface area (Å²) in [6.07, 6.45) is 0.354. The van der Waals surface area contributed by atoms with Gasteiger partial charge in [0.1, 0.15) is 0 Å². The molecule has 6 nitrogen and oxygen atoms in total. The number of methoxy groups -OCH3 is 1. The second-order valence-corrected chi connectivity index (χ2v) is 7.30. The van der Waals surface area contributed by atoms with E-state index in [1.54, 1.807) is 13.8 Å². The summed E-state index contributed by atoms with van der Waals surface area (Å²) in [7, 11) is 1.32. The van der Waals surface area contributed by atoms with Crippen molar-refractivity contribution in [2.45, 2.75) is 26.2 Å². The minimum atomic E-state index is -1.58. The van der Waals surface area contributed by atoms with Crippen LogP contribution in [0.4, 0.5) is 0 Å². The number of carbonyl (C=O) groups is 3. The third kappa shape index (κ3) is 3.83. The number of halogens is 1. The van der Waals surface area contributed by atoms with Crippen LogP contribution in [0, 0.1) is 17.3 Å². The zero-order valence-corrected chi connectivity index (χ0v) is 17.9. The first-order valence-corrected chi connectivity index (χ1v) is 10.5. The molecule has 0 radical (unpaired) electrons. The predicted octanol–water partition coefficient (Wildman–Crippen LogP) is 3.13. The number of benzene rings is 1. The Morgan fingerprint density at radius 1 is 1.07 bits per heavy atom. The molecule has 1 saturated carbocycles. The van der Waals surface area contributed by atoms with E-state index in [9.17, 15) is 14.4 Å². The van der Waals surface area contributed by atoms with Gasteiger partial charge in [-0.3, -0.25) is 14.4 Å². The summed E-state index contributed by atoms with van der Waals surface area (Å²) in [6, 6.07) is 9.13. The summed E-state index contributed by atoms with van der Waals surface area (Å²) in [4.78, 5) is 39.0. The molecule has 27 heavy (non-hydrogen) atoms. The Morgan fingerprint density at radius 3 is 2.07 bits per heavy atom. The van der Waals surface area contributed by atoms with Gasteiger partial charge in [-0.05, 0) is 31.7 Å². The van der Waals surface area contributed by atoms with Crippen molar-refractivity contribution >= 4 is 40.5 Å². The summed E-state index contributed by atoms with van der Waals surface area (Å²) in [5, 5.41) is 0. The molecule has 0 unspecified atom stereocenters. The van der Waals surface area contributed by atoms with Crippen LogP contribution < -0.4 is 0 Å². The number of esters is 3. The highest BCUT2D eigenvalue weighted by atomic mass is 127.